The average Bonchev–Trinajstić information content (AvgIpc) is 2.52. The van der Waals surface area contributed by atoms with Gasteiger partial charge in [-0.15, -0.1) is 0 Å². The Labute approximate surface area is 68.8 Å². The second kappa shape index (κ2) is 4.73. The van der Waals surface area contributed by atoms with Gasteiger partial charge in [-0.3, -0.25) is 0 Å². The molecular weight excluding hydrogens is 138 g/mol. The monoisotopic (exact) mass is 157 g/mol. The van der Waals surface area contributed by atoms with Crippen LogP contribution in [0.25, 0.3) is 0 Å². The van der Waals surface area contributed by atoms with Crippen molar-refractivity contribution in [1.82, 2.24) is 0 Å². The summed E-state index contributed by atoms with van der Waals surface area (Å²) in [5, 5.41) is 8.77. The molecule has 0 heterocycles. The summed E-state index contributed by atoms with van der Waals surface area (Å²) in [7, 11) is 0. The lowest BCUT2D eigenvalue weighted by Gasteiger charge is -2.20. The van der Waals surface area contributed by atoms with Crippen molar-refractivity contribution in [2.24, 2.45) is 17.6 Å². The maximum Gasteiger partial charge on any atom is 0.0434 e. The quantitative estimate of drug-likeness (QED) is 0.642. The van der Waals surface area contributed by atoms with Gasteiger partial charge in [0.05, 0.1) is 0 Å². The molecule has 1 atom stereocenters. The van der Waals surface area contributed by atoms with Gasteiger partial charge in [0.25, 0.3) is 0 Å². The first-order valence-electron chi connectivity index (χ1n) is 4.69. The van der Waals surface area contributed by atoms with Crippen molar-refractivity contribution >= 4 is 0 Å². The van der Waals surface area contributed by atoms with E-state index < -0.39 is 0 Å². The largest absolute Gasteiger partial charge is 0.396 e. The third kappa shape index (κ3) is 2.46. The van der Waals surface area contributed by atoms with E-state index in [1.807, 2.05) is 0 Å². The van der Waals surface area contributed by atoms with Crippen molar-refractivity contribution in [1.29, 1.82) is 0 Å². The Bertz CT molecular complexity index is 99.7. The molecule has 1 aliphatic carbocycles. The van der Waals surface area contributed by atoms with E-state index in [2.05, 4.69) is 0 Å². The Morgan fingerprint density at radius 1 is 1.36 bits per heavy atom. The molecule has 0 radical (unpaired) electrons. The minimum absolute atomic E-state index is 0.304. The van der Waals surface area contributed by atoms with Crippen molar-refractivity contribution in [3.05, 3.63) is 0 Å². The molecule has 2 heteroatoms. The third-order valence-electron chi connectivity index (χ3n) is 2.87. The van der Waals surface area contributed by atoms with Gasteiger partial charge in [-0.05, 0) is 24.8 Å². The molecule has 0 bridgehead atoms. The third-order valence-corrected chi connectivity index (χ3v) is 2.87. The van der Waals surface area contributed by atoms with E-state index in [9.17, 15) is 0 Å². The van der Waals surface area contributed by atoms with Crippen LogP contribution in [0, 0.1) is 11.8 Å². The first-order chi connectivity index (χ1) is 5.38. The Morgan fingerprint density at radius 2 is 2.00 bits per heavy atom. The second-order valence-corrected chi connectivity index (χ2v) is 3.55. The smallest absolute Gasteiger partial charge is 0.0434 e. The zero-order valence-electron chi connectivity index (χ0n) is 7.13. The van der Waals surface area contributed by atoms with Gasteiger partial charge in [0, 0.05) is 6.61 Å². The Kier molecular flexibility index (Phi) is 3.87. The summed E-state index contributed by atoms with van der Waals surface area (Å²) in [6.45, 7) is 1.06. The molecule has 3 N–H and O–H groups in total. The van der Waals surface area contributed by atoms with Gasteiger partial charge in [-0.1, -0.05) is 25.7 Å². The lowest BCUT2D eigenvalue weighted by atomic mass is 9.88. The first-order valence-corrected chi connectivity index (χ1v) is 4.69. The van der Waals surface area contributed by atoms with Crippen LogP contribution in [-0.4, -0.2) is 18.3 Å². The van der Waals surface area contributed by atoms with Crippen LogP contribution in [0.5, 0.6) is 0 Å². The van der Waals surface area contributed by atoms with Crippen LogP contribution in [0.1, 0.15) is 32.1 Å². The van der Waals surface area contributed by atoms with Crippen LogP contribution in [0.15, 0.2) is 0 Å². The highest BCUT2D eigenvalue weighted by atomic mass is 16.3. The van der Waals surface area contributed by atoms with Crippen molar-refractivity contribution < 1.29 is 5.11 Å². The van der Waals surface area contributed by atoms with Crippen LogP contribution in [-0.2, 0) is 0 Å². The SMILES string of the molecule is NCC(CCO)C1CCCC1. The van der Waals surface area contributed by atoms with Gasteiger partial charge in [0.15, 0.2) is 0 Å². The molecule has 0 aromatic rings. The fourth-order valence-corrected chi connectivity index (χ4v) is 2.14. The lowest BCUT2D eigenvalue weighted by molar-refractivity contribution is 0.223. The molecule has 0 aliphatic heterocycles. The van der Waals surface area contributed by atoms with E-state index in [4.69, 9.17) is 10.8 Å². The molecular formula is C9H19NO. The van der Waals surface area contributed by atoms with Crippen molar-refractivity contribution in [2.45, 2.75) is 32.1 Å². The topological polar surface area (TPSA) is 46.2 Å². The van der Waals surface area contributed by atoms with Gasteiger partial charge in [0.2, 0.25) is 0 Å². The number of nitrogens with two attached hydrogens (primary N) is 1. The molecule has 11 heavy (non-hydrogen) atoms. The van der Waals surface area contributed by atoms with Crippen LogP contribution in [0.2, 0.25) is 0 Å². The molecule has 1 saturated carbocycles. The minimum atomic E-state index is 0.304. The van der Waals surface area contributed by atoms with Gasteiger partial charge in [-0.2, -0.15) is 0 Å². The van der Waals surface area contributed by atoms with E-state index in [0.29, 0.717) is 12.5 Å². The fraction of sp³-hybridized carbons (Fsp3) is 1.00. The highest BCUT2D eigenvalue weighted by molar-refractivity contribution is 4.75. The molecule has 0 spiro atoms. The van der Waals surface area contributed by atoms with Crippen molar-refractivity contribution in [3.8, 4) is 0 Å². The van der Waals surface area contributed by atoms with Gasteiger partial charge >= 0.3 is 0 Å². The standard InChI is InChI=1S/C9H19NO/c10-7-9(5-6-11)8-3-1-2-4-8/h8-9,11H,1-7,10H2. The molecule has 0 aromatic carbocycles. The molecule has 2 nitrogen and oxygen atoms in total. The fourth-order valence-electron chi connectivity index (χ4n) is 2.14. The van der Waals surface area contributed by atoms with E-state index in [0.717, 1.165) is 18.9 Å². The van der Waals surface area contributed by atoms with E-state index >= 15 is 0 Å². The number of aliphatic hydroxyl groups is 1. The van der Waals surface area contributed by atoms with Crippen LogP contribution in [0.3, 0.4) is 0 Å². The minimum Gasteiger partial charge on any atom is -0.396 e. The summed E-state index contributed by atoms with van der Waals surface area (Å²) in [5.74, 6) is 1.40. The molecule has 0 aromatic heterocycles. The lowest BCUT2D eigenvalue weighted by Crippen LogP contribution is -2.22. The summed E-state index contributed by atoms with van der Waals surface area (Å²) in [5.41, 5.74) is 5.63. The maximum atomic E-state index is 8.77. The molecule has 1 rings (SSSR count). The van der Waals surface area contributed by atoms with Crippen molar-refractivity contribution in [3.63, 3.8) is 0 Å². The Morgan fingerprint density at radius 3 is 2.45 bits per heavy atom. The maximum absolute atomic E-state index is 8.77. The van der Waals surface area contributed by atoms with Crippen molar-refractivity contribution in [2.75, 3.05) is 13.2 Å². The summed E-state index contributed by atoms with van der Waals surface area (Å²) in [4.78, 5) is 0. The molecule has 66 valence electrons. The summed E-state index contributed by atoms with van der Waals surface area (Å²) in [6, 6.07) is 0. The Hall–Kier alpha value is -0.0800. The first kappa shape index (κ1) is 9.01. The number of hydrogen-bond donors (Lipinski definition) is 2. The van der Waals surface area contributed by atoms with E-state index in [1.54, 1.807) is 0 Å². The van der Waals surface area contributed by atoms with Crippen LogP contribution >= 0.6 is 0 Å². The summed E-state index contributed by atoms with van der Waals surface area (Å²) >= 11 is 0. The summed E-state index contributed by atoms with van der Waals surface area (Å²) in [6.07, 6.45) is 6.31. The number of aliphatic hydroxyl groups excluding tert-OH is 1. The predicted molar refractivity (Wildman–Crippen MR) is 46.2 cm³/mol. The normalized spacial score (nSPS) is 22.4. The van der Waals surface area contributed by atoms with Gasteiger partial charge in [0.1, 0.15) is 0 Å². The molecule has 1 fully saturated rings. The van der Waals surface area contributed by atoms with Gasteiger partial charge in [-0.25, -0.2) is 0 Å². The van der Waals surface area contributed by atoms with Crippen LogP contribution < -0.4 is 5.73 Å². The average molecular weight is 157 g/mol. The van der Waals surface area contributed by atoms with E-state index in [-0.39, 0.29) is 0 Å². The Balaban J connectivity index is 2.27. The molecule has 0 amide bonds. The molecule has 0 saturated heterocycles. The number of rotatable bonds is 4. The number of hydrogen-bond acceptors (Lipinski definition) is 2. The molecule has 1 unspecified atom stereocenters. The zero-order chi connectivity index (χ0) is 8.10. The second-order valence-electron chi connectivity index (χ2n) is 3.55. The highest BCUT2D eigenvalue weighted by Crippen LogP contribution is 2.32. The van der Waals surface area contributed by atoms with E-state index in [1.165, 1.54) is 25.7 Å². The highest BCUT2D eigenvalue weighted by Gasteiger charge is 2.22. The molecule has 1 aliphatic rings. The summed E-state index contributed by atoms with van der Waals surface area (Å²) < 4.78 is 0. The zero-order valence-corrected chi connectivity index (χ0v) is 7.13. The van der Waals surface area contributed by atoms with Crippen LogP contribution in [0.4, 0.5) is 0 Å². The van der Waals surface area contributed by atoms with Gasteiger partial charge < -0.3 is 10.8 Å². The predicted octanol–water partition coefficient (Wildman–Crippen LogP) is 1.13.